The van der Waals surface area contributed by atoms with Gasteiger partial charge < -0.3 is 31.1 Å². The Morgan fingerprint density at radius 1 is 0.812 bits per heavy atom. The molecule has 4 fully saturated rings. The molecule has 2 spiro atoms. The third-order valence-electron chi connectivity index (χ3n) is 26.0. The quantitative estimate of drug-likeness (QED) is 0.103. The number of carboxylic acids is 1. The largest absolute Gasteiger partial charge is 0.516 e. The number of nitrogens with one attached hydrogen (secondary N) is 2. The Morgan fingerprint density at radius 2 is 1.61 bits per heavy atom. The molecule has 6 heterocycles. The number of hydrogen-bond acceptors (Lipinski definition) is 6. The monoisotopic (exact) mass is 1140 g/mol. The number of carbonyl (C=O) groups is 1. The van der Waals surface area contributed by atoms with E-state index in [9.17, 15) is 25.2 Å². The first-order valence-electron chi connectivity index (χ1n) is 34.1. The van der Waals surface area contributed by atoms with Crippen LogP contribution in [0.1, 0.15) is 179 Å². The third-order valence-corrected chi connectivity index (χ3v) is 26.0. The van der Waals surface area contributed by atoms with Crippen LogP contribution in [-0.4, -0.2) is 51.7 Å². The van der Waals surface area contributed by atoms with Crippen LogP contribution >= 0.6 is 0 Å². The number of carboxylic acid groups (broad SMARTS) is 1. The van der Waals surface area contributed by atoms with Crippen molar-refractivity contribution < 1.29 is 25.2 Å². The normalized spacial score (nSPS) is 38.6. The Kier molecular flexibility index (Phi) is 15.1. The molecule has 12 atom stereocenters. The molecule has 3 aromatic carbocycles. The lowest BCUT2D eigenvalue weighted by Crippen LogP contribution is -2.69. The van der Waals surface area contributed by atoms with E-state index in [4.69, 9.17) is 0 Å². The van der Waals surface area contributed by atoms with Gasteiger partial charge in [0.1, 0.15) is 0 Å². The minimum atomic E-state index is -0.789. The van der Waals surface area contributed by atoms with E-state index in [1.165, 1.54) is 69.4 Å². The summed E-state index contributed by atoms with van der Waals surface area (Å²) in [4.78, 5) is 14.6. The average molecular weight is 1140 g/mol. The average Bonchev–Trinajstić information content (AvgIpc) is 1.56. The molecule has 18 rings (SSSR count). The Balaban J connectivity index is 0.985. The molecule has 4 saturated carbocycles. The SMILES string of the molecule is CC(C)CC1=CC[C@]2(C)[C@@H](O)CC[C@@]34C5=C6C[C@@]1(C=C1C(=c7ccccc7=C[C@@H]13)Cc1cccc(c1)C1=CC=C(NCCC[C@@H](C3CCCCC3)/C(=C/O)CC[C@@H](C(=O)O)[C@H]3[C@H](O)C[C@]6(C6CCC(Cc7ccccc7)CC6)[C@]3(C)CC5)NC1)[C@@H]24. The number of fused-ring (bicyclic) bond motifs is 1. The van der Waals surface area contributed by atoms with Crippen LogP contribution in [0.5, 0.6) is 0 Å². The molecule has 0 radical (unpaired) electrons. The van der Waals surface area contributed by atoms with Crippen LogP contribution in [0.15, 0.2) is 143 Å². The van der Waals surface area contributed by atoms with Gasteiger partial charge in [0.2, 0.25) is 0 Å². The Bertz CT molecular complexity index is 3400. The van der Waals surface area contributed by atoms with Gasteiger partial charge in [-0.1, -0.05) is 167 Å². The van der Waals surface area contributed by atoms with Crippen LogP contribution in [0.2, 0.25) is 0 Å². The number of aliphatic carboxylic acids is 1. The summed E-state index contributed by atoms with van der Waals surface area (Å²) >= 11 is 0. The lowest BCUT2D eigenvalue weighted by atomic mass is 9.29. The maximum absolute atomic E-state index is 14.6. The minimum Gasteiger partial charge on any atom is -0.516 e. The Labute approximate surface area is 507 Å². The predicted molar refractivity (Wildman–Crippen MR) is 343 cm³/mol. The van der Waals surface area contributed by atoms with E-state index in [1.54, 1.807) is 16.7 Å². The molecule has 85 heavy (non-hydrogen) atoms. The summed E-state index contributed by atoms with van der Waals surface area (Å²) in [5.74, 6) is 1.25. The van der Waals surface area contributed by atoms with E-state index in [-0.39, 0.29) is 28.6 Å². The highest BCUT2D eigenvalue weighted by molar-refractivity contribution is 5.78. The second-order valence-corrected chi connectivity index (χ2v) is 30.4. The second kappa shape index (κ2) is 22.3. The summed E-state index contributed by atoms with van der Waals surface area (Å²) in [5.41, 5.74) is 12.1. The first kappa shape index (κ1) is 57.4. The number of aliphatic hydroxyl groups is 3. The van der Waals surface area contributed by atoms with Gasteiger partial charge in [-0.2, -0.15) is 0 Å². The van der Waals surface area contributed by atoms with Gasteiger partial charge in [0, 0.05) is 46.6 Å². The molecule has 6 aliphatic heterocycles. The van der Waals surface area contributed by atoms with Crippen molar-refractivity contribution >= 4 is 23.2 Å². The third kappa shape index (κ3) is 9.23. The highest BCUT2D eigenvalue weighted by Gasteiger charge is 2.77. The standard InChI is InChI=1S/C78H98N2O5/c1-49(2)39-59-32-35-74(3)69(83)34-37-77-65-33-36-75(4)71-62(72(84)85)30-26-57(48-81)60(53-18-9-6-10-19-53)23-14-38-79-70-31-27-56(47-80-70)54-21-13-17-52(41-54)42-63-61-22-12-11-20-55(61)43-66(77)64(63)44-76(59,73(74)77)45-67(65)78(75,46-68(71)82)58-28-24-51(25-29-58)40-50-15-7-5-8-16-50/h5,7-8,11-13,15-17,20-22,27,31-32,41,43-44,48-49,51,53,58,60,62,66,68-69,71,73,79-83H,6,9-10,14,18-19,23-26,28-30,33-40,42,45-47H2,1-4H3,(H,84,85)/b57-48+/t51?,58?,60-,62+,66-,68+,69-,71-,73+,74+,75+,76+,77+,78+/m0/s1. The van der Waals surface area contributed by atoms with E-state index in [0.717, 1.165) is 134 Å². The lowest BCUT2D eigenvalue weighted by Gasteiger charge is -2.74. The number of allylic oxidation sites excluding steroid dienone is 9. The molecule has 9 aliphatic carbocycles. The predicted octanol–water partition coefficient (Wildman–Crippen LogP) is 14.8. The van der Waals surface area contributed by atoms with Crippen LogP contribution in [-0.2, 0) is 17.6 Å². The molecule has 0 unspecified atom stereocenters. The minimum absolute atomic E-state index is 0.0896. The van der Waals surface area contributed by atoms with Gasteiger partial charge in [-0.05, 0) is 225 Å². The summed E-state index contributed by atoms with van der Waals surface area (Å²) < 4.78 is 0. The molecular weight excluding hydrogens is 1040 g/mol. The number of aliphatic hydroxyl groups excluding tert-OH is 3. The zero-order valence-corrected chi connectivity index (χ0v) is 51.7. The first-order valence-corrected chi connectivity index (χ1v) is 34.1. The van der Waals surface area contributed by atoms with Crippen LogP contribution in [0.3, 0.4) is 0 Å². The number of benzene rings is 3. The van der Waals surface area contributed by atoms with Crippen LogP contribution in [0.25, 0.3) is 17.2 Å². The van der Waals surface area contributed by atoms with Gasteiger partial charge in [-0.15, -0.1) is 0 Å². The molecule has 14 bridgehead atoms. The number of rotatable bonds is 7. The highest BCUT2D eigenvalue weighted by Crippen LogP contribution is 2.83. The van der Waals surface area contributed by atoms with Gasteiger partial charge in [0.15, 0.2) is 0 Å². The van der Waals surface area contributed by atoms with Crippen molar-refractivity contribution in [1.29, 1.82) is 0 Å². The van der Waals surface area contributed by atoms with Crippen molar-refractivity contribution in [3.63, 3.8) is 0 Å². The van der Waals surface area contributed by atoms with Crippen molar-refractivity contribution in [1.82, 2.24) is 10.6 Å². The van der Waals surface area contributed by atoms with E-state index in [2.05, 4.69) is 148 Å². The van der Waals surface area contributed by atoms with Crippen LogP contribution < -0.4 is 21.1 Å². The molecular formula is C78H98N2O5. The van der Waals surface area contributed by atoms with Crippen LogP contribution in [0, 0.1) is 80.3 Å². The Morgan fingerprint density at radius 3 is 2.38 bits per heavy atom. The van der Waals surface area contributed by atoms with Crippen molar-refractivity contribution in [2.24, 2.45) is 80.3 Å². The number of dihydropyridines is 1. The smallest absolute Gasteiger partial charge is 0.306 e. The fourth-order valence-electron chi connectivity index (χ4n) is 22.6. The summed E-state index contributed by atoms with van der Waals surface area (Å²) in [6, 6.07) is 29.7. The van der Waals surface area contributed by atoms with Crippen molar-refractivity contribution in [3.8, 4) is 0 Å². The fraction of sp³-hybridized carbons (Fsp3) is 0.577. The maximum atomic E-state index is 14.6. The van der Waals surface area contributed by atoms with Crippen molar-refractivity contribution in [3.05, 3.63) is 170 Å². The number of hydrogen-bond donors (Lipinski definition) is 6. The summed E-state index contributed by atoms with van der Waals surface area (Å²) in [6.45, 7) is 11.3. The second-order valence-electron chi connectivity index (χ2n) is 30.4. The van der Waals surface area contributed by atoms with Gasteiger partial charge in [-0.25, -0.2) is 0 Å². The van der Waals surface area contributed by atoms with E-state index >= 15 is 0 Å². The van der Waals surface area contributed by atoms with Crippen molar-refractivity contribution in [2.75, 3.05) is 13.1 Å². The zero-order chi connectivity index (χ0) is 58.5. The lowest BCUT2D eigenvalue weighted by molar-refractivity contribution is -0.168. The zero-order valence-electron chi connectivity index (χ0n) is 51.7. The van der Waals surface area contributed by atoms with Gasteiger partial charge in [0.25, 0.3) is 0 Å². The van der Waals surface area contributed by atoms with Gasteiger partial charge in [-0.3, -0.25) is 4.79 Å². The molecule has 15 aliphatic rings. The fourth-order valence-corrected chi connectivity index (χ4v) is 22.6. The van der Waals surface area contributed by atoms with Crippen LogP contribution in [0.4, 0.5) is 0 Å². The van der Waals surface area contributed by atoms with E-state index in [0.29, 0.717) is 42.9 Å². The molecule has 7 nitrogen and oxygen atoms in total. The maximum Gasteiger partial charge on any atom is 0.306 e. The van der Waals surface area contributed by atoms with Gasteiger partial charge >= 0.3 is 5.97 Å². The summed E-state index contributed by atoms with van der Waals surface area (Å²) in [6.07, 6.45) is 34.7. The molecule has 0 saturated heterocycles. The van der Waals surface area contributed by atoms with E-state index < -0.39 is 46.3 Å². The van der Waals surface area contributed by atoms with Gasteiger partial charge in [0.05, 0.1) is 30.2 Å². The molecule has 7 heteroatoms. The molecule has 0 amide bonds. The van der Waals surface area contributed by atoms with E-state index in [1.807, 2.05) is 0 Å². The molecule has 0 aromatic heterocycles. The summed E-state index contributed by atoms with van der Waals surface area (Å²) in [5, 5.41) is 60.0. The molecule has 6 N–H and O–H groups in total. The molecule has 450 valence electrons. The van der Waals surface area contributed by atoms with Crippen molar-refractivity contribution in [2.45, 2.75) is 188 Å². The summed E-state index contributed by atoms with van der Waals surface area (Å²) in [7, 11) is 0. The Hall–Kier alpha value is -5.37. The topological polar surface area (TPSA) is 122 Å². The first-order chi connectivity index (χ1) is 41.2. The molecule has 3 aromatic rings. The highest BCUT2D eigenvalue weighted by atomic mass is 16.4.